The van der Waals surface area contributed by atoms with E-state index in [1.807, 2.05) is 0 Å². The molecule has 0 aromatic rings. The number of methoxy groups -OCH3 is 2. The molecule has 1 saturated carbocycles. The van der Waals surface area contributed by atoms with Gasteiger partial charge in [-0.1, -0.05) is 6.92 Å². The molecular formula is C14H30N2O2. The van der Waals surface area contributed by atoms with Crippen LogP contribution in [0.3, 0.4) is 0 Å². The molecule has 4 heteroatoms. The van der Waals surface area contributed by atoms with Crippen molar-refractivity contribution in [2.75, 3.05) is 47.1 Å². The van der Waals surface area contributed by atoms with E-state index in [4.69, 9.17) is 15.2 Å². The van der Waals surface area contributed by atoms with Crippen LogP contribution in [0, 0.1) is 5.92 Å². The molecule has 108 valence electrons. The lowest BCUT2D eigenvalue weighted by atomic mass is 9.87. The van der Waals surface area contributed by atoms with E-state index < -0.39 is 0 Å². The van der Waals surface area contributed by atoms with Crippen molar-refractivity contribution in [3.05, 3.63) is 0 Å². The molecule has 0 aliphatic heterocycles. The summed E-state index contributed by atoms with van der Waals surface area (Å²) in [5.74, 6) is 0.784. The van der Waals surface area contributed by atoms with E-state index in [-0.39, 0.29) is 5.54 Å². The third-order valence-electron chi connectivity index (χ3n) is 4.27. The summed E-state index contributed by atoms with van der Waals surface area (Å²) >= 11 is 0. The zero-order valence-corrected chi connectivity index (χ0v) is 12.3. The van der Waals surface area contributed by atoms with Gasteiger partial charge in [-0.2, -0.15) is 0 Å². The summed E-state index contributed by atoms with van der Waals surface area (Å²) in [4.78, 5) is 2.55. The van der Waals surface area contributed by atoms with Gasteiger partial charge in [0, 0.05) is 46.0 Å². The predicted molar refractivity (Wildman–Crippen MR) is 74.7 cm³/mol. The molecule has 0 aromatic heterocycles. The van der Waals surface area contributed by atoms with Crippen LogP contribution in [0.2, 0.25) is 0 Å². The maximum atomic E-state index is 6.12. The average Bonchev–Trinajstić information content (AvgIpc) is 3.22. The standard InChI is InChI=1S/C14H30N2O2/c1-4-14(12-15,13-6-7-13)16(9-11-18-3)8-5-10-17-2/h13H,4-12,15H2,1-3H3. The summed E-state index contributed by atoms with van der Waals surface area (Å²) in [6, 6.07) is 0. The number of hydrogen-bond donors (Lipinski definition) is 1. The largest absolute Gasteiger partial charge is 0.385 e. The Hall–Kier alpha value is -0.160. The number of nitrogens with zero attached hydrogens (tertiary/aromatic N) is 1. The van der Waals surface area contributed by atoms with Gasteiger partial charge in [-0.3, -0.25) is 4.90 Å². The first-order valence-corrected chi connectivity index (χ1v) is 7.18. The second-order valence-corrected chi connectivity index (χ2v) is 5.26. The summed E-state index contributed by atoms with van der Waals surface area (Å²) < 4.78 is 10.4. The number of rotatable bonds is 11. The molecule has 1 rings (SSSR count). The van der Waals surface area contributed by atoms with E-state index in [1.165, 1.54) is 12.8 Å². The molecule has 1 aliphatic rings. The first kappa shape index (κ1) is 15.9. The normalized spacial score (nSPS) is 19.2. The summed E-state index contributed by atoms with van der Waals surface area (Å²) in [7, 11) is 3.52. The van der Waals surface area contributed by atoms with Crippen molar-refractivity contribution in [3.8, 4) is 0 Å². The molecule has 1 aliphatic carbocycles. The van der Waals surface area contributed by atoms with Gasteiger partial charge in [-0.05, 0) is 31.6 Å². The maximum absolute atomic E-state index is 6.12. The van der Waals surface area contributed by atoms with Crippen LogP contribution in [0.25, 0.3) is 0 Å². The van der Waals surface area contributed by atoms with Crippen molar-refractivity contribution in [2.45, 2.75) is 38.1 Å². The molecule has 0 bridgehead atoms. The van der Waals surface area contributed by atoms with E-state index >= 15 is 0 Å². The van der Waals surface area contributed by atoms with Gasteiger partial charge in [-0.25, -0.2) is 0 Å². The third kappa shape index (κ3) is 3.92. The zero-order valence-electron chi connectivity index (χ0n) is 12.3. The molecule has 18 heavy (non-hydrogen) atoms. The van der Waals surface area contributed by atoms with Crippen LogP contribution in [-0.2, 0) is 9.47 Å². The van der Waals surface area contributed by atoms with Crippen LogP contribution in [0.15, 0.2) is 0 Å². The van der Waals surface area contributed by atoms with Crippen LogP contribution < -0.4 is 5.73 Å². The van der Waals surface area contributed by atoms with Crippen molar-refractivity contribution in [1.29, 1.82) is 0 Å². The van der Waals surface area contributed by atoms with E-state index in [9.17, 15) is 0 Å². The molecule has 4 nitrogen and oxygen atoms in total. The molecule has 0 saturated heterocycles. The van der Waals surface area contributed by atoms with Crippen LogP contribution in [0.1, 0.15) is 32.6 Å². The topological polar surface area (TPSA) is 47.7 Å². The van der Waals surface area contributed by atoms with Gasteiger partial charge in [0.1, 0.15) is 0 Å². The van der Waals surface area contributed by atoms with Gasteiger partial charge < -0.3 is 15.2 Å². The molecule has 0 radical (unpaired) electrons. The van der Waals surface area contributed by atoms with Crippen LogP contribution >= 0.6 is 0 Å². The molecule has 0 aromatic carbocycles. The highest BCUT2D eigenvalue weighted by Crippen LogP contribution is 2.44. The molecule has 0 spiro atoms. The first-order valence-electron chi connectivity index (χ1n) is 7.18. The van der Waals surface area contributed by atoms with Crippen molar-refractivity contribution >= 4 is 0 Å². The van der Waals surface area contributed by atoms with Crippen molar-refractivity contribution < 1.29 is 9.47 Å². The number of hydrogen-bond acceptors (Lipinski definition) is 4. The Morgan fingerprint density at radius 3 is 2.28 bits per heavy atom. The Kier molecular flexibility index (Phi) is 7.15. The molecule has 0 heterocycles. The highest BCUT2D eigenvalue weighted by Gasteiger charge is 2.46. The van der Waals surface area contributed by atoms with Crippen LogP contribution in [-0.4, -0.2) is 57.5 Å². The lowest BCUT2D eigenvalue weighted by Crippen LogP contribution is -2.56. The van der Waals surface area contributed by atoms with E-state index in [1.54, 1.807) is 14.2 Å². The Balaban J connectivity index is 2.63. The Labute approximate surface area is 112 Å². The fourth-order valence-corrected chi connectivity index (χ4v) is 2.99. The minimum Gasteiger partial charge on any atom is -0.385 e. The molecule has 0 amide bonds. The summed E-state index contributed by atoms with van der Waals surface area (Å²) in [5.41, 5.74) is 6.31. The van der Waals surface area contributed by atoms with Crippen LogP contribution in [0.5, 0.6) is 0 Å². The Bertz CT molecular complexity index is 216. The van der Waals surface area contributed by atoms with Gasteiger partial charge in [0.25, 0.3) is 0 Å². The smallest absolute Gasteiger partial charge is 0.0589 e. The maximum Gasteiger partial charge on any atom is 0.0589 e. The van der Waals surface area contributed by atoms with Crippen molar-refractivity contribution in [2.24, 2.45) is 11.7 Å². The van der Waals surface area contributed by atoms with E-state index in [0.717, 1.165) is 51.6 Å². The first-order chi connectivity index (χ1) is 8.75. The highest BCUT2D eigenvalue weighted by molar-refractivity contribution is 5.02. The van der Waals surface area contributed by atoms with Crippen molar-refractivity contribution in [3.63, 3.8) is 0 Å². The second-order valence-electron chi connectivity index (χ2n) is 5.26. The van der Waals surface area contributed by atoms with Gasteiger partial charge in [0.15, 0.2) is 0 Å². The lowest BCUT2D eigenvalue weighted by molar-refractivity contribution is 0.0340. The van der Waals surface area contributed by atoms with E-state index in [0.29, 0.717) is 0 Å². The number of ether oxygens (including phenoxy) is 2. The Morgan fingerprint density at radius 1 is 1.17 bits per heavy atom. The summed E-state index contributed by atoms with van der Waals surface area (Å²) in [6.07, 6.45) is 4.86. The summed E-state index contributed by atoms with van der Waals surface area (Å²) in [6.45, 7) is 6.65. The quantitative estimate of drug-likeness (QED) is 0.570. The monoisotopic (exact) mass is 258 g/mol. The minimum absolute atomic E-state index is 0.187. The minimum atomic E-state index is 0.187. The van der Waals surface area contributed by atoms with Crippen molar-refractivity contribution in [1.82, 2.24) is 4.90 Å². The SMILES string of the molecule is CCC(CN)(C1CC1)N(CCCOC)CCOC. The summed E-state index contributed by atoms with van der Waals surface area (Å²) in [5, 5.41) is 0. The fourth-order valence-electron chi connectivity index (χ4n) is 2.99. The fraction of sp³-hybridized carbons (Fsp3) is 1.00. The van der Waals surface area contributed by atoms with Crippen LogP contribution in [0.4, 0.5) is 0 Å². The predicted octanol–water partition coefficient (Wildman–Crippen LogP) is 1.49. The zero-order chi connectivity index (χ0) is 13.4. The average molecular weight is 258 g/mol. The van der Waals surface area contributed by atoms with Gasteiger partial charge in [0.05, 0.1) is 6.61 Å². The molecular weight excluding hydrogens is 228 g/mol. The molecule has 1 unspecified atom stereocenters. The van der Waals surface area contributed by atoms with E-state index in [2.05, 4.69) is 11.8 Å². The molecule has 2 N–H and O–H groups in total. The molecule has 1 atom stereocenters. The van der Waals surface area contributed by atoms with Gasteiger partial charge in [0.2, 0.25) is 0 Å². The van der Waals surface area contributed by atoms with Gasteiger partial charge in [-0.15, -0.1) is 0 Å². The highest BCUT2D eigenvalue weighted by atomic mass is 16.5. The molecule has 1 fully saturated rings. The second kappa shape index (κ2) is 8.10. The van der Waals surface area contributed by atoms with Gasteiger partial charge >= 0.3 is 0 Å². The lowest BCUT2D eigenvalue weighted by Gasteiger charge is -2.43. The number of nitrogens with two attached hydrogens (primary N) is 1. The third-order valence-corrected chi connectivity index (χ3v) is 4.27. The Morgan fingerprint density at radius 2 is 1.83 bits per heavy atom.